The summed E-state index contributed by atoms with van der Waals surface area (Å²) in [4.78, 5) is 28.7. The van der Waals surface area contributed by atoms with Crippen molar-refractivity contribution in [2.24, 2.45) is 0 Å². The van der Waals surface area contributed by atoms with E-state index in [1.165, 1.54) is 0 Å². The molecule has 0 atom stereocenters. The number of nitrogens with zero attached hydrogens (tertiary/aromatic N) is 2. The molecule has 0 saturated heterocycles. The second-order valence-corrected chi connectivity index (χ2v) is 1.95. The maximum Gasteiger partial charge on any atom is 0.332 e. The van der Waals surface area contributed by atoms with E-state index in [2.05, 4.69) is 20.0 Å². The number of nitrogens with one attached hydrogen (secondary N) is 2. The summed E-state index contributed by atoms with van der Waals surface area (Å²) in [6, 6.07) is 0. The van der Waals surface area contributed by atoms with Crippen molar-refractivity contribution in [1.82, 2.24) is 20.7 Å². The minimum atomic E-state index is -1.18. The van der Waals surface area contributed by atoms with Crippen LogP contribution in [0, 0.1) is 0 Å². The number of rotatable bonds is 4. The Morgan fingerprint density at radius 1 is 1.69 bits per heavy atom. The number of amides is 1. The minimum absolute atomic E-state index is 0.0506. The van der Waals surface area contributed by atoms with Gasteiger partial charge in [-0.3, -0.25) is 14.7 Å². The molecule has 1 rings (SSSR count). The fourth-order valence-electron chi connectivity index (χ4n) is 0.527. The molecule has 0 unspecified atom stereocenters. The number of carboxylic acids is 1. The van der Waals surface area contributed by atoms with E-state index >= 15 is 0 Å². The van der Waals surface area contributed by atoms with E-state index in [9.17, 15) is 9.59 Å². The van der Waals surface area contributed by atoms with Crippen molar-refractivity contribution in [3.63, 3.8) is 0 Å². The van der Waals surface area contributed by atoms with Crippen molar-refractivity contribution in [2.45, 2.75) is 0 Å². The summed E-state index contributed by atoms with van der Waals surface area (Å²) in [5.41, 5.74) is 1.86. The Balaban J connectivity index is 2.31. The second-order valence-electron chi connectivity index (χ2n) is 1.95. The van der Waals surface area contributed by atoms with Crippen LogP contribution in [0.5, 0.6) is 0 Å². The first kappa shape index (κ1) is 9.13. The van der Waals surface area contributed by atoms with E-state index in [0.29, 0.717) is 0 Å². The lowest BCUT2D eigenvalue weighted by molar-refractivity contribution is -0.144. The van der Waals surface area contributed by atoms with Crippen LogP contribution in [-0.2, 0) is 9.63 Å². The average Bonchev–Trinajstić information content (AvgIpc) is 2.55. The van der Waals surface area contributed by atoms with Crippen molar-refractivity contribution in [3.05, 3.63) is 12.2 Å². The van der Waals surface area contributed by atoms with Crippen LogP contribution in [-0.4, -0.2) is 38.8 Å². The highest BCUT2D eigenvalue weighted by atomic mass is 16.7. The van der Waals surface area contributed by atoms with Crippen LogP contribution in [0.2, 0.25) is 0 Å². The molecule has 0 aromatic carbocycles. The fourth-order valence-corrected chi connectivity index (χ4v) is 0.527. The molecule has 1 heterocycles. The highest BCUT2D eigenvalue weighted by Gasteiger charge is 2.08. The van der Waals surface area contributed by atoms with Gasteiger partial charge in [0.2, 0.25) is 5.82 Å². The monoisotopic (exact) mass is 186 g/mol. The highest BCUT2D eigenvalue weighted by molar-refractivity contribution is 5.89. The molecule has 3 N–H and O–H groups in total. The molecule has 0 aliphatic rings. The van der Waals surface area contributed by atoms with Crippen LogP contribution in [0.3, 0.4) is 0 Å². The van der Waals surface area contributed by atoms with Crippen LogP contribution in [0.25, 0.3) is 0 Å². The van der Waals surface area contributed by atoms with Crippen LogP contribution >= 0.6 is 0 Å². The largest absolute Gasteiger partial charge is 0.479 e. The molecular weight excluding hydrogens is 180 g/mol. The van der Waals surface area contributed by atoms with Gasteiger partial charge in [-0.15, -0.1) is 0 Å². The van der Waals surface area contributed by atoms with Crippen molar-refractivity contribution < 1.29 is 19.5 Å². The lowest BCUT2D eigenvalue weighted by atomic mass is 10.6. The first-order chi connectivity index (χ1) is 6.20. The molecule has 1 amide bonds. The zero-order valence-corrected chi connectivity index (χ0v) is 6.35. The van der Waals surface area contributed by atoms with Crippen LogP contribution in [0.15, 0.2) is 6.33 Å². The number of hydrogen-bond acceptors (Lipinski definition) is 5. The van der Waals surface area contributed by atoms with Gasteiger partial charge in [0.1, 0.15) is 6.33 Å². The Hall–Kier alpha value is -1.96. The number of carbonyl (C=O) groups excluding carboxylic acids is 1. The van der Waals surface area contributed by atoms with Gasteiger partial charge in [-0.2, -0.15) is 5.10 Å². The lowest BCUT2D eigenvalue weighted by Crippen LogP contribution is -2.27. The summed E-state index contributed by atoms with van der Waals surface area (Å²) in [5.74, 6) is -1.91. The Morgan fingerprint density at radius 2 is 2.46 bits per heavy atom. The van der Waals surface area contributed by atoms with Crippen molar-refractivity contribution in [3.8, 4) is 0 Å². The van der Waals surface area contributed by atoms with Crippen LogP contribution in [0.4, 0.5) is 0 Å². The SMILES string of the molecule is O=C(O)CONC(=O)c1ncn[nH]1. The number of aromatic amines is 1. The van der Waals surface area contributed by atoms with Gasteiger partial charge < -0.3 is 5.11 Å². The standard InChI is InChI=1S/C5H6N4O4/c10-3(11)1-13-9-5(12)4-6-2-7-8-4/h2H,1H2,(H,9,12)(H,10,11)(H,6,7,8). The lowest BCUT2D eigenvalue weighted by Gasteiger charge is -1.99. The van der Waals surface area contributed by atoms with Gasteiger partial charge in [-0.05, 0) is 0 Å². The molecule has 1 aromatic rings. The zero-order valence-electron chi connectivity index (χ0n) is 6.35. The highest BCUT2D eigenvalue weighted by Crippen LogP contribution is 1.84. The van der Waals surface area contributed by atoms with E-state index in [4.69, 9.17) is 5.11 Å². The van der Waals surface area contributed by atoms with Crippen LogP contribution < -0.4 is 5.48 Å². The van der Waals surface area contributed by atoms with E-state index in [1.54, 1.807) is 0 Å². The maximum absolute atomic E-state index is 10.9. The summed E-state index contributed by atoms with van der Waals surface area (Å²) in [7, 11) is 0. The predicted octanol–water partition coefficient (Wildman–Crippen LogP) is -1.45. The Bertz CT molecular complexity index is 295. The van der Waals surface area contributed by atoms with E-state index in [-0.39, 0.29) is 5.82 Å². The summed E-state index contributed by atoms with van der Waals surface area (Å²) >= 11 is 0. The molecule has 70 valence electrons. The third kappa shape index (κ3) is 2.87. The number of carbonyl (C=O) groups is 2. The van der Waals surface area contributed by atoms with Crippen molar-refractivity contribution >= 4 is 11.9 Å². The summed E-state index contributed by atoms with van der Waals surface area (Å²) in [5, 5.41) is 13.8. The fraction of sp³-hybridized carbons (Fsp3) is 0.200. The Morgan fingerprint density at radius 3 is 3.00 bits per heavy atom. The maximum atomic E-state index is 10.9. The van der Waals surface area contributed by atoms with Gasteiger partial charge >= 0.3 is 11.9 Å². The second kappa shape index (κ2) is 4.16. The number of H-pyrrole nitrogens is 1. The van der Waals surface area contributed by atoms with Gasteiger partial charge in [0.05, 0.1) is 0 Å². The number of aromatic nitrogens is 3. The topological polar surface area (TPSA) is 117 Å². The third-order valence-electron chi connectivity index (χ3n) is 0.991. The zero-order chi connectivity index (χ0) is 9.68. The number of aliphatic carboxylic acids is 1. The summed E-state index contributed by atoms with van der Waals surface area (Å²) in [6.07, 6.45) is 1.14. The number of hydrogen-bond donors (Lipinski definition) is 3. The van der Waals surface area contributed by atoms with E-state index in [1.807, 2.05) is 5.48 Å². The predicted molar refractivity (Wildman–Crippen MR) is 37.4 cm³/mol. The summed E-state index contributed by atoms with van der Waals surface area (Å²) < 4.78 is 0. The molecule has 1 aromatic heterocycles. The van der Waals surface area contributed by atoms with Gasteiger partial charge in [-0.1, -0.05) is 0 Å². The molecule has 0 saturated carbocycles. The molecule has 0 aliphatic carbocycles. The van der Waals surface area contributed by atoms with Crippen LogP contribution in [0.1, 0.15) is 10.6 Å². The minimum Gasteiger partial charge on any atom is -0.479 e. The molecule has 0 bridgehead atoms. The first-order valence-electron chi connectivity index (χ1n) is 3.19. The number of hydroxylamine groups is 1. The normalized spacial score (nSPS) is 9.54. The van der Waals surface area contributed by atoms with Gasteiger partial charge in [-0.25, -0.2) is 15.3 Å². The quantitative estimate of drug-likeness (QED) is 0.495. The first-order valence-corrected chi connectivity index (χ1v) is 3.19. The molecule has 13 heavy (non-hydrogen) atoms. The Labute approximate surface area is 71.9 Å². The van der Waals surface area contributed by atoms with Gasteiger partial charge in [0.25, 0.3) is 0 Å². The molecule has 0 spiro atoms. The van der Waals surface area contributed by atoms with E-state index < -0.39 is 18.5 Å². The van der Waals surface area contributed by atoms with Gasteiger partial charge in [0.15, 0.2) is 6.61 Å². The number of carboxylic acid groups (broad SMARTS) is 1. The van der Waals surface area contributed by atoms with E-state index in [0.717, 1.165) is 6.33 Å². The smallest absolute Gasteiger partial charge is 0.332 e. The Kier molecular flexibility index (Phi) is 2.92. The van der Waals surface area contributed by atoms with Crippen molar-refractivity contribution in [1.29, 1.82) is 0 Å². The summed E-state index contributed by atoms with van der Waals surface area (Å²) in [6.45, 7) is -0.611. The molecule has 0 aliphatic heterocycles. The van der Waals surface area contributed by atoms with Crippen molar-refractivity contribution in [2.75, 3.05) is 6.61 Å². The molecule has 8 heteroatoms. The van der Waals surface area contributed by atoms with Gasteiger partial charge in [0, 0.05) is 0 Å². The molecule has 0 fully saturated rings. The molecule has 8 nitrogen and oxygen atoms in total. The average molecular weight is 186 g/mol. The third-order valence-corrected chi connectivity index (χ3v) is 0.991. The molecule has 0 radical (unpaired) electrons. The molecular formula is C5H6N4O4.